The molecule has 13 heteroatoms. The van der Waals surface area contributed by atoms with Crippen LogP contribution in [0.4, 0.5) is 10.6 Å². The zero-order valence-electron chi connectivity index (χ0n) is 18.4. The fourth-order valence-electron chi connectivity index (χ4n) is 3.85. The first kappa shape index (κ1) is 22.3. The average Bonchev–Trinajstić information content (AvgIpc) is 3.74. The molecule has 5 rings (SSSR count). The third kappa shape index (κ3) is 4.23. The van der Waals surface area contributed by atoms with E-state index in [-0.39, 0.29) is 41.4 Å². The largest absolute Gasteiger partial charge is 0.453 e. The van der Waals surface area contributed by atoms with Crippen molar-refractivity contribution in [2.75, 3.05) is 19.4 Å². The molecule has 0 aromatic carbocycles. The summed E-state index contributed by atoms with van der Waals surface area (Å²) in [4.78, 5) is 38.6. The number of nitrogens with two attached hydrogens (primary N) is 1. The average molecular weight is 471 g/mol. The molecule has 5 N–H and O–H groups in total. The van der Waals surface area contributed by atoms with Gasteiger partial charge in [0.25, 0.3) is 5.91 Å². The van der Waals surface area contributed by atoms with Crippen molar-refractivity contribution in [2.24, 2.45) is 0 Å². The molecule has 34 heavy (non-hydrogen) atoms. The number of hydrogen-bond donors (Lipinski definition) is 4. The molecule has 1 unspecified atom stereocenters. The van der Waals surface area contributed by atoms with Crippen molar-refractivity contribution in [3.8, 4) is 11.8 Å². The second-order valence-electron chi connectivity index (χ2n) is 8.60. The van der Waals surface area contributed by atoms with Crippen molar-refractivity contribution >= 4 is 29.0 Å². The third-order valence-corrected chi connectivity index (χ3v) is 5.99. The highest BCUT2D eigenvalue weighted by Crippen LogP contribution is 2.33. The molecular weight excluding hydrogens is 446 g/mol. The van der Waals surface area contributed by atoms with Gasteiger partial charge in [0.1, 0.15) is 17.7 Å². The predicted octanol–water partition coefficient (Wildman–Crippen LogP) is -1.11. The summed E-state index contributed by atoms with van der Waals surface area (Å²) < 4.78 is 11.9. The van der Waals surface area contributed by atoms with Crippen LogP contribution in [0.25, 0.3) is 11.2 Å². The normalized spacial score (nSPS) is 26.1. The number of carbonyl (C=O) groups excluding carboxylic acids is 2. The van der Waals surface area contributed by atoms with Crippen LogP contribution >= 0.6 is 0 Å². The number of imidazole rings is 1. The van der Waals surface area contributed by atoms with Crippen LogP contribution in [-0.2, 0) is 14.3 Å². The standard InChI is InChI=1S/C21H25N7O6/c1-33-21(32)27(11-6-7-11)8-2-3-12-25-17(22)13-18(26-12)28(9-23-13)20-15(30)14(29)16(34-20)19(31)24-10-4-5-10/h9-11,14-16,20,29-30H,4-8H2,1H3,(H,24,31)(H2,22,25,26)/t14?,15-,16-,20+/m0/s1. The van der Waals surface area contributed by atoms with E-state index in [9.17, 15) is 19.8 Å². The van der Waals surface area contributed by atoms with E-state index in [0.717, 1.165) is 25.7 Å². The lowest BCUT2D eigenvalue weighted by Gasteiger charge is -2.17. The van der Waals surface area contributed by atoms with E-state index < -0.39 is 36.5 Å². The van der Waals surface area contributed by atoms with Gasteiger partial charge in [-0.2, -0.15) is 0 Å². The summed E-state index contributed by atoms with van der Waals surface area (Å²) in [6.07, 6.45) is -0.705. The van der Waals surface area contributed by atoms with Crippen LogP contribution in [0.1, 0.15) is 37.7 Å². The molecule has 13 nitrogen and oxygen atoms in total. The van der Waals surface area contributed by atoms with Gasteiger partial charge in [-0.3, -0.25) is 14.3 Å². The maximum absolute atomic E-state index is 12.4. The summed E-state index contributed by atoms with van der Waals surface area (Å²) in [5.74, 6) is 5.33. The zero-order chi connectivity index (χ0) is 24.0. The molecule has 2 saturated carbocycles. The summed E-state index contributed by atoms with van der Waals surface area (Å²) >= 11 is 0. The van der Waals surface area contributed by atoms with Crippen molar-refractivity contribution in [3.63, 3.8) is 0 Å². The van der Waals surface area contributed by atoms with Gasteiger partial charge in [0, 0.05) is 12.1 Å². The molecule has 4 atom stereocenters. The lowest BCUT2D eigenvalue weighted by Crippen LogP contribution is -2.43. The number of nitrogens with one attached hydrogen (secondary N) is 1. The van der Waals surface area contributed by atoms with Gasteiger partial charge < -0.3 is 30.7 Å². The first-order chi connectivity index (χ1) is 16.4. The van der Waals surface area contributed by atoms with E-state index >= 15 is 0 Å². The first-order valence-corrected chi connectivity index (χ1v) is 11.0. The first-order valence-electron chi connectivity index (χ1n) is 11.0. The summed E-state index contributed by atoms with van der Waals surface area (Å²) in [5, 5.41) is 23.7. The van der Waals surface area contributed by atoms with Crippen molar-refractivity contribution in [2.45, 2.75) is 62.3 Å². The topological polar surface area (TPSA) is 178 Å². The number of rotatable bonds is 5. The van der Waals surface area contributed by atoms with Gasteiger partial charge >= 0.3 is 6.09 Å². The molecule has 3 heterocycles. The summed E-state index contributed by atoms with van der Waals surface area (Å²) in [6.45, 7) is 0.145. The molecule has 2 aromatic heterocycles. The van der Waals surface area contributed by atoms with E-state index in [2.05, 4.69) is 32.1 Å². The number of anilines is 1. The monoisotopic (exact) mass is 471 g/mol. The Labute approximate surface area is 194 Å². The van der Waals surface area contributed by atoms with Crippen LogP contribution in [-0.4, -0.2) is 90.7 Å². The molecule has 2 aliphatic carbocycles. The number of carbonyl (C=O) groups is 2. The molecular formula is C21H25N7O6. The molecule has 0 bridgehead atoms. The molecule has 0 spiro atoms. The summed E-state index contributed by atoms with van der Waals surface area (Å²) in [7, 11) is 1.32. The molecule has 1 aliphatic heterocycles. The highest BCUT2D eigenvalue weighted by Gasteiger charge is 2.48. The van der Waals surface area contributed by atoms with Crippen LogP contribution in [0.2, 0.25) is 0 Å². The number of amides is 2. The Morgan fingerprint density at radius 1 is 1.29 bits per heavy atom. The minimum absolute atomic E-state index is 0.0659. The highest BCUT2D eigenvalue weighted by molar-refractivity contribution is 5.83. The molecule has 2 aromatic rings. The van der Waals surface area contributed by atoms with E-state index in [1.165, 1.54) is 22.9 Å². The zero-order valence-corrected chi connectivity index (χ0v) is 18.4. The number of nitrogen functional groups attached to an aromatic ring is 1. The van der Waals surface area contributed by atoms with Crippen molar-refractivity contribution in [1.29, 1.82) is 0 Å². The quantitative estimate of drug-likeness (QED) is 0.391. The Balaban J connectivity index is 1.38. The fraction of sp³-hybridized carbons (Fsp3) is 0.571. The second-order valence-corrected chi connectivity index (χ2v) is 8.60. The van der Waals surface area contributed by atoms with Crippen molar-refractivity contribution in [1.82, 2.24) is 29.7 Å². The number of aliphatic hydroxyl groups is 2. The summed E-state index contributed by atoms with van der Waals surface area (Å²) in [6, 6.07) is 0.200. The number of aliphatic hydroxyl groups excluding tert-OH is 2. The van der Waals surface area contributed by atoms with Gasteiger partial charge in [-0.15, -0.1) is 0 Å². The number of fused-ring (bicyclic) bond motifs is 1. The minimum Gasteiger partial charge on any atom is -0.453 e. The molecule has 0 radical (unpaired) electrons. The Hall–Kier alpha value is -3.47. The Morgan fingerprint density at radius 3 is 2.74 bits per heavy atom. The van der Waals surface area contributed by atoms with Crippen LogP contribution < -0.4 is 11.1 Å². The van der Waals surface area contributed by atoms with E-state index in [1.54, 1.807) is 0 Å². The number of nitrogens with zero attached hydrogens (tertiary/aromatic N) is 5. The van der Waals surface area contributed by atoms with E-state index in [1.807, 2.05) is 0 Å². The van der Waals surface area contributed by atoms with Gasteiger partial charge in [-0.1, -0.05) is 5.92 Å². The Kier molecular flexibility index (Phi) is 5.72. The van der Waals surface area contributed by atoms with Gasteiger partial charge in [0.2, 0.25) is 5.82 Å². The smallest absolute Gasteiger partial charge is 0.410 e. The number of ether oxygens (including phenoxy) is 2. The molecule has 1 saturated heterocycles. The SMILES string of the molecule is COC(=O)N(CC#Cc1nc(N)c2ncn([C@@H]3O[C@H](C(=O)NC4CC4)C(O)[C@@H]3O)c2n1)C1CC1. The maximum Gasteiger partial charge on any atom is 0.410 e. The van der Waals surface area contributed by atoms with Gasteiger partial charge in [0.15, 0.2) is 23.8 Å². The van der Waals surface area contributed by atoms with Crippen LogP contribution in [0, 0.1) is 11.8 Å². The van der Waals surface area contributed by atoms with E-state index in [4.69, 9.17) is 15.2 Å². The van der Waals surface area contributed by atoms with Crippen LogP contribution in [0.15, 0.2) is 6.33 Å². The number of methoxy groups -OCH3 is 1. The fourth-order valence-corrected chi connectivity index (χ4v) is 3.85. The number of aromatic nitrogens is 4. The highest BCUT2D eigenvalue weighted by atomic mass is 16.6. The lowest BCUT2D eigenvalue weighted by atomic mass is 10.1. The molecule has 3 aliphatic rings. The predicted molar refractivity (Wildman–Crippen MR) is 116 cm³/mol. The Morgan fingerprint density at radius 2 is 2.06 bits per heavy atom. The molecule has 180 valence electrons. The van der Waals surface area contributed by atoms with Gasteiger partial charge in [0.05, 0.1) is 20.0 Å². The van der Waals surface area contributed by atoms with Gasteiger partial charge in [-0.05, 0) is 31.6 Å². The van der Waals surface area contributed by atoms with Gasteiger partial charge in [-0.25, -0.2) is 19.7 Å². The number of hydrogen-bond acceptors (Lipinski definition) is 10. The molecule has 3 fully saturated rings. The Bertz CT molecular complexity index is 1180. The van der Waals surface area contributed by atoms with E-state index in [0.29, 0.717) is 0 Å². The second kappa shape index (κ2) is 8.71. The minimum atomic E-state index is -1.42. The maximum atomic E-state index is 12.4. The third-order valence-electron chi connectivity index (χ3n) is 5.99. The molecule has 2 amide bonds. The van der Waals surface area contributed by atoms with Crippen molar-refractivity contribution < 1.29 is 29.3 Å². The van der Waals surface area contributed by atoms with Crippen LogP contribution in [0.5, 0.6) is 0 Å². The summed E-state index contributed by atoms with van der Waals surface area (Å²) in [5.41, 5.74) is 6.52. The van der Waals surface area contributed by atoms with Crippen LogP contribution in [0.3, 0.4) is 0 Å². The lowest BCUT2D eigenvalue weighted by molar-refractivity contribution is -0.137. The van der Waals surface area contributed by atoms with Crippen molar-refractivity contribution in [3.05, 3.63) is 12.2 Å².